The summed E-state index contributed by atoms with van der Waals surface area (Å²) in [5, 5.41) is 3.49. The van der Waals surface area contributed by atoms with E-state index in [0.29, 0.717) is 0 Å². The molecule has 1 aliphatic rings. The minimum Gasteiger partial charge on any atom is -0.310 e. The molecule has 3 nitrogen and oxygen atoms in total. The Morgan fingerprint density at radius 2 is 2.28 bits per heavy atom. The highest BCUT2D eigenvalue weighted by atomic mass is 15.2. The zero-order chi connectivity index (χ0) is 12.8. The van der Waals surface area contributed by atoms with Crippen molar-refractivity contribution in [3.8, 4) is 0 Å². The average molecular weight is 247 g/mol. The summed E-state index contributed by atoms with van der Waals surface area (Å²) in [5.74, 6) is 0. The fourth-order valence-corrected chi connectivity index (χ4v) is 2.89. The molecule has 0 bridgehead atoms. The van der Waals surface area contributed by atoms with Crippen LogP contribution in [-0.4, -0.2) is 35.1 Å². The predicted molar refractivity (Wildman–Crippen MR) is 75.4 cm³/mol. The van der Waals surface area contributed by atoms with Gasteiger partial charge in [-0.3, -0.25) is 9.88 Å². The molecule has 18 heavy (non-hydrogen) atoms. The number of hydrogen-bond acceptors (Lipinski definition) is 3. The summed E-state index contributed by atoms with van der Waals surface area (Å²) >= 11 is 0. The zero-order valence-electron chi connectivity index (χ0n) is 11.6. The summed E-state index contributed by atoms with van der Waals surface area (Å²) in [4.78, 5) is 6.98. The molecule has 0 saturated carbocycles. The molecule has 2 heterocycles. The Morgan fingerprint density at radius 3 is 3.00 bits per heavy atom. The largest absolute Gasteiger partial charge is 0.310 e. The van der Waals surface area contributed by atoms with Gasteiger partial charge in [-0.15, -0.1) is 0 Å². The van der Waals surface area contributed by atoms with Crippen molar-refractivity contribution < 1.29 is 0 Å². The number of nitrogens with zero attached hydrogens (tertiary/aromatic N) is 2. The standard InChI is InChI=1S/C15H25N3/c1-3-15-8-7-13(2)18(15)11-10-16-12-14-6-4-5-9-17-14/h4-6,9,13,15-16H,3,7-8,10-12H2,1-2H3. The number of likely N-dealkylation sites (tertiary alicyclic amines) is 1. The topological polar surface area (TPSA) is 28.2 Å². The van der Waals surface area contributed by atoms with Crippen LogP contribution in [0.5, 0.6) is 0 Å². The second-order valence-electron chi connectivity index (χ2n) is 5.22. The SMILES string of the molecule is CCC1CCC(C)N1CCNCc1ccccn1. The lowest BCUT2D eigenvalue weighted by Crippen LogP contribution is -2.39. The lowest BCUT2D eigenvalue weighted by atomic mass is 10.1. The van der Waals surface area contributed by atoms with E-state index in [1.54, 1.807) is 0 Å². The van der Waals surface area contributed by atoms with E-state index in [9.17, 15) is 0 Å². The minimum atomic E-state index is 0.756. The third-order valence-corrected chi connectivity index (χ3v) is 4.00. The molecule has 1 aliphatic heterocycles. The van der Waals surface area contributed by atoms with Crippen LogP contribution in [0.15, 0.2) is 24.4 Å². The van der Waals surface area contributed by atoms with Crippen molar-refractivity contribution in [1.82, 2.24) is 15.2 Å². The summed E-state index contributed by atoms with van der Waals surface area (Å²) in [6.45, 7) is 7.75. The van der Waals surface area contributed by atoms with E-state index in [0.717, 1.165) is 37.4 Å². The van der Waals surface area contributed by atoms with Crippen LogP contribution in [0.25, 0.3) is 0 Å². The molecular formula is C15H25N3. The van der Waals surface area contributed by atoms with Crippen molar-refractivity contribution in [2.24, 2.45) is 0 Å². The third-order valence-electron chi connectivity index (χ3n) is 4.00. The minimum absolute atomic E-state index is 0.756. The maximum atomic E-state index is 4.32. The zero-order valence-corrected chi connectivity index (χ0v) is 11.6. The van der Waals surface area contributed by atoms with Crippen molar-refractivity contribution in [2.75, 3.05) is 13.1 Å². The van der Waals surface area contributed by atoms with Gasteiger partial charge < -0.3 is 5.32 Å². The lowest BCUT2D eigenvalue weighted by Gasteiger charge is -2.27. The van der Waals surface area contributed by atoms with E-state index in [1.807, 2.05) is 18.3 Å². The molecule has 1 N–H and O–H groups in total. The van der Waals surface area contributed by atoms with Gasteiger partial charge >= 0.3 is 0 Å². The first kappa shape index (κ1) is 13.5. The molecule has 0 spiro atoms. The van der Waals surface area contributed by atoms with Gasteiger partial charge in [-0.25, -0.2) is 0 Å². The van der Waals surface area contributed by atoms with Crippen LogP contribution in [0.2, 0.25) is 0 Å². The molecule has 0 aliphatic carbocycles. The first-order valence-electron chi connectivity index (χ1n) is 7.17. The van der Waals surface area contributed by atoms with Crippen molar-refractivity contribution in [1.29, 1.82) is 0 Å². The monoisotopic (exact) mass is 247 g/mol. The maximum absolute atomic E-state index is 4.32. The molecule has 0 aromatic carbocycles. The normalized spacial score (nSPS) is 24.6. The van der Waals surface area contributed by atoms with Crippen molar-refractivity contribution in [3.05, 3.63) is 30.1 Å². The Morgan fingerprint density at radius 1 is 1.39 bits per heavy atom. The second kappa shape index (κ2) is 6.86. The molecule has 2 atom stereocenters. The van der Waals surface area contributed by atoms with Crippen LogP contribution in [0, 0.1) is 0 Å². The molecule has 100 valence electrons. The fourth-order valence-electron chi connectivity index (χ4n) is 2.89. The molecule has 2 unspecified atom stereocenters. The summed E-state index contributed by atoms with van der Waals surface area (Å²) in [6, 6.07) is 7.63. The van der Waals surface area contributed by atoms with Crippen LogP contribution < -0.4 is 5.32 Å². The maximum Gasteiger partial charge on any atom is 0.0541 e. The molecule has 1 aromatic heterocycles. The first-order valence-corrected chi connectivity index (χ1v) is 7.17. The predicted octanol–water partition coefficient (Wildman–Crippen LogP) is 2.43. The number of pyridine rings is 1. The van der Waals surface area contributed by atoms with Gasteiger partial charge in [0.15, 0.2) is 0 Å². The fraction of sp³-hybridized carbons (Fsp3) is 0.667. The molecule has 0 radical (unpaired) electrons. The van der Waals surface area contributed by atoms with E-state index in [2.05, 4.69) is 35.1 Å². The van der Waals surface area contributed by atoms with Crippen LogP contribution >= 0.6 is 0 Å². The summed E-state index contributed by atoms with van der Waals surface area (Å²) in [5.41, 5.74) is 1.12. The van der Waals surface area contributed by atoms with Crippen LogP contribution in [0.3, 0.4) is 0 Å². The van der Waals surface area contributed by atoms with E-state index in [1.165, 1.54) is 19.3 Å². The van der Waals surface area contributed by atoms with Gasteiger partial charge in [-0.2, -0.15) is 0 Å². The highest BCUT2D eigenvalue weighted by molar-refractivity contribution is 5.02. The molecule has 2 rings (SSSR count). The summed E-state index contributed by atoms with van der Waals surface area (Å²) in [6.07, 6.45) is 5.87. The van der Waals surface area contributed by atoms with Gasteiger partial charge in [0.05, 0.1) is 5.69 Å². The van der Waals surface area contributed by atoms with Gasteiger partial charge in [-0.1, -0.05) is 13.0 Å². The van der Waals surface area contributed by atoms with E-state index in [-0.39, 0.29) is 0 Å². The smallest absolute Gasteiger partial charge is 0.0541 e. The van der Waals surface area contributed by atoms with Gasteiger partial charge in [0, 0.05) is 37.9 Å². The summed E-state index contributed by atoms with van der Waals surface area (Å²) in [7, 11) is 0. The van der Waals surface area contributed by atoms with Crippen molar-refractivity contribution in [2.45, 2.75) is 51.7 Å². The van der Waals surface area contributed by atoms with Crippen LogP contribution in [0.1, 0.15) is 38.8 Å². The Balaban J connectivity index is 1.69. The highest BCUT2D eigenvalue weighted by Crippen LogP contribution is 2.24. The van der Waals surface area contributed by atoms with Crippen molar-refractivity contribution >= 4 is 0 Å². The Kier molecular flexibility index (Phi) is 5.14. The second-order valence-corrected chi connectivity index (χ2v) is 5.22. The van der Waals surface area contributed by atoms with E-state index < -0.39 is 0 Å². The lowest BCUT2D eigenvalue weighted by molar-refractivity contribution is 0.199. The molecular weight excluding hydrogens is 222 g/mol. The summed E-state index contributed by atoms with van der Waals surface area (Å²) < 4.78 is 0. The van der Waals surface area contributed by atoms with Gasteiger partial charge in [0.2, 0.25) is 0 Å². The molecule has 0 amide bonds. The third kappa shape index (κ3) is 3.53. The van der Waals surface area contributed by atoms with Crippen LogP contribution in [0.4, 0.5) is 0 Å². The quantitative estimate of drug-likeness (QED) is 0.783. The number of nitrogens with one attached hydrogen (secondary N) is 1. The number of rotatable bonds is 6. The molecule has 1 aromatic rings. The Hall–Kier alpha value is -0.930. The van der Waals surface area contributed by atoms with E-state index >= 15 is 0 Å². The Bertz CT molecular complexity index is 339. The van der Waals surface area contributed by atoms with Gasteiger partial charge in [0.25, 0.3) is 0 Å². The molecule has 1 saturated heterocycles. The molecule has 1 fully saturated rings. The number of hydrogen-bond donors (Lipinski definition) is 1. The average Bonchev–Trinajstić information content (AvgIpc) is 2.77. The van der Waals surface area contributed by atoms with Crippen molar-refractivity contribution in [3.63, 3.8) is 0 Å². The first-order chi connectivity index (χ1) is 8.81. The Labute approximate surface area is 111 Å². The van der Waals surface area contributed by atoms with E-state index in [4.69, 9.17) is 0 Å². The van der Waals surface area contributed by atoms with Crippen LogP contribution in [-0.2, 0) is 6.54 Å². The van der Waals surface area contributed by atoms with Gasteiger partial charge in [-0.05, 0) is 38.3 Å². The number of aromatic nitrogens is 1. The van der Waals surface area contributed by atoms with Gasteiger partial charge in [0.1, 0.15) is 0 Å². The molecule has 3 heteroatoms. The highest BCUT2D eigenvalue weighted by Gasteiger charge is 2.28.